The Balaban J connectivity index is 5.02. The van der Waals surface area contributed by atoms with Crippen molar-refractivity contribution < 1.29 is 13.2 Å². The Labute approximate surface area is 102 Å². The summed E-state index contributed by atoms with van der Waals surface area (Å²) >= 11 is 0. The van der Waals surface area contributed by atoms with E-state index in [9.17, 15) is 13.2 Å². The maximum Gasteiger partial charge on any atom is 0.432 e. The molecule has 4 nitrogen and oxygen atoms in total. The van der Waals surface area contributed by atoms with Gasteiger partial charge in [0.15, 0.2) is 0 Å². The van der Waals surface area contributed by atoms with Crippen molar-refractivity contribution in [3.8, 4) is 6.07 Å². The minimum atomic E-state index is -4.73. The second-order valence-corrected chi connectivity index (χ2v) is 3.06. The highest BCUT2D eigenvalue weighted by molar-refractivity contribution is 5.99. The molecule has 0 fully saturated rings. The van der Waals surface area contributed by atoms with Crippen molar-refractivity contribution in [3.05, 3.63) is 36.2 Å². The first kappa shape index (κ1) is 15.6. The third-order valence-electron chi connectivity index (χ3n) is 1.71. The first-order valence-electron chi connectivity index (χ1n) is 4.60. The predicted octanol–water partition coefficient (Wildman–Crippen LogP) is 2.34. The zero-order valence-electron chi connectivity index (χ0n) is 9.60. The van der Waals surface area contributed by atoms with Gasteiger partial charge in [-0.05, 0) is 6.08 Å². The molecule has 0 aromatic rings. The molecule has 96 valence electrons. The molecule has 0 spiro atoms. The van der Waals surface area contributed by atoms with Crippen LogP contribution in [0.15, 0.2) is 41.2 Å². The summed E-state index contributed by atoms with van der Waals surface area (Å²) in [4.78, 5) is 3.57. The molecule has 0 aromatic heterocycles. The van der Waals surface area contributed by atoms with Gasteiger partial charge >= 0.3 is 6.18 Å². The van der Waals surface area contributed by atoms with Crippen LogP contribution < -0.4 is 5.32 Å². The highest BCUT2D eigenvalue weighted by atomic mass is 19.4. The molecule has 0 amide bonds. The van der Waals surface area contributed by atoms with Crippen LogP contribution in [0.5, 0.6) is 0 Å². The lowest BCUT2D eigenvalue weighted by atomic mass is 10.2. The Morgan fingerprint density at radius 2 is 2.00 bits per heavy atom. The lowest BCUT2D eigenvalue weighted by molar-refractivity contribution is -0.0584. The molecule has 0 heterocycles. The van der Waals surface area contributed by atoms with Crippen molar-refractivity contribution in [2.45, 2.75) is 6.18 Å². The van der Waals surface area contributed by atoms with Gasteiger partial charge in [-0.15, -0.1) is 0 Å². The molecular formula is C11H11F3N4. The summed E-state index contributed by atoms with van der Waals surface area (Å²) in [6, 6.07) is 1.65. The van der Waals surface area contributed by atoms with Gasteiger partial charge in [-0.1, -0.05) is 13.2 Å². The number of halogens is 3. The molecule has 0 radical (unpaired) electrons. The summed E-state index contributed by atoms with van der Waals surface area (Å²) in [5, 5.41) is 17.7. The van der Waals surface area contributed by atoms with E-state index >= 15 is 0 Å². The zero-order valence-corrected chi connectivity index (χ0v) is 9.60. The minimum Gasteiger partial charge on any atom is -0.388 e. The SMILES string of the molecule is C=C(C#N)/N=C/C(=C)/C(=C/C(=N)C(F)(F)F)NC. The van der Waals surface area contributed by atoms with Gasteiger partial charge in [0.05, 0.1) is 0 Å². The van der Waals surface area contributed by atoms with E-state index in [1.165, 1.54) is 7.05 Å². The van der Waals surface area contributed by atoms with Crippen LogP contribution in [0.25, 0.3) is 0 Å². The third-order valence-corrected chi connectivity index (χ3v) is 1.71. The molecule has 0 unspecified atom stereocenters. The lowest BCUT2D eigenvalue weighted by Crippen LogP contribution is -2.22. The fourth-order valence-electron chi connectivity index (χ4n) is 0.806. The number of likely N-dealkylation sites (N-methyl/N-ethyl adjacent to an activating group) is 1. The Bertz CT molecular complexity index is 464. The van der Waals surface area contributed by atoms with Crippen molar-refractivity contribution in [1.82, 2.24) is 5.32 Å². The fraction of sp³-hybridized carbons (Fsp3) is 0.182. The van der Waals surface area contributed by atoms with Gasteiger partial charge in [0.25, 0.3) is 0 Å². The minimum absolute atomic E-state index is 0.0215. The first-order chi connectivity index (χ1) is 8.22. The van der Waals surface area contributed by atoms with E-state index in [0.717, 1.165) is 6.21 Å². The highest BCUT2D eigenvalue weighted by Crippen LogP contribution is 2.18. The van der Waals surface area contributed by atoms with E-state index in [0.29, 0.717) is 6.08 Å². The zero-order chi connectivity index (χ0) is 14.3. The number of alkyl halides is 3. The van der Waals surface area contributed by atoms with E-state index in [1.807, 2.05) is 0 Å². The summed E-state index contributed by atoms with van der Waals surface area (Å²) < 4.78 is 36.5. The average Bonchev–Trinajstić information content (AvgIpc) is 2.30. The predicted molar refractivity (Wildman–Crippen MR) is 63.3 cm³/mol. The van der Waals surface area contributed by atoms with Crippen LogP contribution in [-0.2, 0) is 0 Å². The second-order valence-electron chi connectivity index (χ2n) is 3.06. The third kappa shape index (κ3) is 5.12. The van der Waals surface area contributed by atoms with Gasteiger partial charge in [-0.3, -0.25) is 5.41 Å². The van der Waals surface area contributed by atoms with Gasteiger partial charge in [0.2, 0.25) is 0 Å². The number of rotatable bonds is 5. The van der Waals surface area contributed by atoms with Crippen molar-refractivity contribution in [2.24, 2.45) is 4.99 Å². The van der Waals surface area contributed by atoms with E-state index in [2.05, 4.69) is 23.5 Å². The normalized spacial score (nSPS) is 12.1. The number of hydrogen-bond acceptors (Lipinski definition) is 4. The van der Waals surface area contributed by atoms with Crippen molar-refractivity contribution >= 4 is 11.9 Å². The molecule has 0 atom stereocenters. The maximum atomic E-state index is 12.2. The summed E-state index contributed by atoms with van der Waals surface area (Å²) in [7, 11) is 1.38. The van der Waals surface area contributed by atoms with Gasteiger partial charge in [-0.2, -0.15) is 18.4 Å². The monoisotopic (exact) mass is 256 g/mol. The van der Waals surface area contributed by atoms with Crippen LogP contribution in [0.1, 0.15) is 0 Å². The van der Waals surface area contributed by atoms with Gasteiger partial charge in [0.1, 0.15) is 17.5 Å². The molecule has 0 saturated heterocycles. The summed E-state index contributed by atoms with van der Waals surface area (Å²) in [5.41, 5.74) is -1.53. The van der Waals surface area contributed by atoms with Crippen LogP contribution in [0, 0.1) is 16.7 Å². The number of nitrogens with zero attached hydrogens (tertiary/aromatic N) is 2. The Kier molecular flexibility index (Phi) is 5.56. The topological polar surface area (TPSA) is 72.0 Å². The van der Waals surface area contributed by atoms with Crippen molar-refractivity contribution in [3.63, 3.8) is 0 Å². The standard InChI is InChI=1S/C11H11F3N4/c1-7(6-18-8(2)5-15)9(17-3)4-10(16)11(12,13)14/h4,6,16-17H,1-2H2,3H3/b9-4-,16-10?,18-6+. The number of allylic oxidation sites excluding steroid dienone is 3. The number of nitriles is 1. The number of nitrogens with one attached hydrogen (secondary N) is 2. The molecule has 0 aliphatic heterocycles. The molecule has 0 rings (SSSR count). The van der Waals surface area contributed by atoms with Crippen LogP contribution in [0.2, 0.25) is 0 Å². The number of hydrogen-bond donors (Lipinski definition) is 2. The summed E-state index contributed by atoms with van der Waals surface area (Å²) in [6.07, 6.45) is -3.04. The molecule has 0 aliphatic carbocycles. The Morgan fingerprint density at radius 3 is 2.39 bits per heavy atom. The van der Waals surface area contributed by atoms with Crippen LogP contribution in [-0.4, -0.2) is 25.2 Å². The van der Waals surface area contributed by atoms with E-state index in [4.69, 9.17) is 10.7 Å². The molecule has 2 N–H and O–H groups in total. The smallest absolute Gasteiger partial charge is 0.388 e. The first-order valence-corrected chi connectivity index (χ1v) is 4.60. The van der Waals surface area contributed by atoms with Gasteiger partial charge in [0, 0.05) is 24.5 Å². The largest absolute Gasteiger partial charge is 0.432 e. The van der Waals surface area contributed by atoms with Gasteiger partial charge < -0.3 is 5.32 Å². The maximum absolute atomic E-state index is 12.2. The summed E-state index contributed by atoms with van der Waals surface area (Å²) in [5.74, 6) is 0. The van der Waals surface area contributed by atoms with E-state index in [-0.39, 0.29) is 17.0 Å². The van der Waals surface area contributed by atoms with Crippen molar-refractivity contribution in [1.29, 1.82) is 10.7 Å². The van der Waals surface area contributed by atoms with Crippen molar-refractivity contribution in [2.75, 3.05) is 7.05 Å². The van der Waals surface area contributed by atoms with Crippen LogP contribution in [0.3, 0.4) is 0 Å². The molecule has 18 heavy (non-hydrogen) atoms. The highest BCUT2D eigenvalue weighted by Gasteiger charge is 2.32. The second kappa shape index (κ2) is 6.39. The molecule has 7 heteroatoms. The number of aliphatic imine (C=N–C) groups is 1. The van der Waals surface area contributed by atoms with E-state index < -0.39 is 11.9 Å². The van der Waals surface area contributed by atoms with Crippen LogP contribution in [0.4, 0.5) is 13.2 Å². The molecular weight excluding hydrogens is 245 g/mol. The molecule has 0 bridgehead atoms. The lowest BCUT2D eigenvalue weighted by Gasteiger charge is -2.09. The fourth-order valence-corrected chi connectivity index (χ4v) is 0.806. The Hall–Kier alpha value is -2.36. The Morgan fingerprint density at radius 1 is 1.44 bits per heavy atom. The molecule has 0 aromatic carbocycles. The van der Waals surface area contributed by atoms with Gasteiger partial charge in [-0.25, -0.2) is 4.99 Å². The summed E-state index contributed by atoms with van der Waals surface area (Å²) in [6.45, 7) is 6.74. The average molecular weight is 256 g/mol. The quantitative estimate of drug-likeness (QED) is 0.450. The molecule has 0 aliphatic rings. The van der Waals surface area contributed by atoms with Crippen LogP contribution >= 0.6 is 0 Å². The van der Waals surface area contributed by atoms with E-state index in [1.54, 1.807) is 6.07 Å². The molecule has 0 saturated carbocycles.